The summed E-state index contributed by atoms with van der Waals surface area (Å²) in [5, 5.41) is 16.4. The Balaban J connectivity index is 1.76. The number of hydrogen-bond acceptors (Lipinski definition) is 8. The highest BCUT2D eigenvalue weighted by Crippen LogP contribution is 2.11. The van der Waals surface area contributed by atoms with Gasteiger partial charge >= 0.3 is 5.97 Å². The highest BCUT2D eigenvalue weighted by molar-refractivity contribution is 7.13. The fraction of sp³-hybridized carbons (Fsp3) is 0.429. The van der Waals surface area contributed by atoms with Gasteiger partial charge in [0.1, 0.15) is 5.01 Å². The quantitative estimate of drug-likeness (QED) is 0.699. The standard InChI is InChI=1S/C14H18N4O3S2/c1-3-21-14(20)13-18-17-11(23-13)8-15-9(2)12(19)16-7-10-5-4-6-22-10/h4-6,9,15H,3,7-8H2,1-2H3,(H,16,19). The monoisotopic (exact) mass is 354 g/mol. The molecule has 9 heteroatoms. The van der Waals surface area contributed by atoms with Gasteiger partial charge in [0.15, 0.2) is 0 Å². The number of nitrogens with zero attached hydrogens (tertiary/aromatic N) is 2. The number of nitrogens with one attached hydrogen (secondary N) is 2. The Labute approximate surface area is 142 Å². The molecule has 1 amide bonds. The summed E-state index contributed by atoms with van der Waals surface area (Å²) in [6.07, 6.45) is 0. The summed E-state index contributed by atoms with van der Waals surface area (Å²) < 4.78 is 4.86. The molecule has 0 aliphatic rings. The molecule has 23 heavy (non-hydrogen) atoms. The van der Waals surface area contributed by atoms with Gasteiger partial charge in [0.25, 0.3) is 0 Å². The van der Waals surface area contributed by atoms with E-state index in [4.69, 9.17) is 4.74 Å². The third kappa shape index (κ3) is 5.38. The first-order valence-corrected chi connectivity index (χ1v) is 8.82. The summed E-state index contributed by atoms with van der Waals surface area (Å²) in [6.45, 7) is 4.70. The van der Waals surface area contributed by atoms with Crippen molar-refractivity contribution in [2.75, 3.05) is 6.61 Å². The fourth-order valence-corrected chi connectivity index (χ4v) is 3.00. The fourth-order valence-electron chi connectivity index (χ4n) is 1.67. The SMILES string of the molecule is CCOC(=O)c1nnc(CNC(C)C(=O)NCc2cccs2)s1. The number of aromatic nitrogens is 2. The number of rotatable bonds is 8. The van der Waals surface area contributed by atoms with Crippen molar-refractivity contribution in [1.29, 1.82) is 0 Å². The van der Waals surface area contributed by atoms with Crippen LogP contribution >= 0.6 is 22.7 Å². The lowest BCUT2D eigenvalue weighted by molar-refractivity contribution is -0.122. The van der Waals surface area contributed by atoms with Crippen LogP contribution in [0.25, 0.3) is 0 Å². The van der Waals surface area contributed by atoms with Gasteiger partial charge in [-0.25, -0.2) is 4.79 Å². The van der Waals surface area contributed by atoms with Gasteiger partial charge < -0.3 is 10.1 Å². The number of carbonyl (C=O) groups is 2. The van der Waals surface area contributed by atoms with Gasteiger partial charge in [-0.1, -0.05) is 17.4 Å². The largest absolute Gasteiger partial charge is 0.461 e. The normalized spacial score (nSPS) is 11.9. The van der Waals surface area contributed by atoms with Crippen molar-refractivity contribution in [3.63, 3.8) is 0 Å². The van der Waals surface area contributed by atoms with E-state index in [1.165, 1.54) is 0 Å². The van der Waals surface area contributed by atoms with Crippen molar-refractivity contribution in [2.24, 2.45) is 0 Å². The molecule has 7 nitrogen and oxygen atoms in total. The number of esters is 1. The number of amides is 1. The average molecular weight is 354 g/mol. The molecule has 0 aromatic carbocycles. The van der Waals surface area contributed by atoms with Crippen LogP contribution in [0.5, 0.6) is 0 Å². The predicted octanol–water partition coefficient (Wildman–Crippen LogP) is 1.57. The molecular formula is C14H18N4O3S2. The van der Waals surface area contributed by atoms with Crippen LogP contribution in [0.1, 0.15) is 33.5 Å². The Morgan fingerprint density at radius 2 is 2.17 bits per heavy atom. The number of carbonyl (C=O) groups excluding carboxylic acids is 2. The second-order valence-electron chi connectivity index (χ2n) is 4.62. The topological polar surface area (TPSA) is 93.2 Å². The molecule has 0 aliphatic heterocycles. The van der Waals surface area contributed by atoms with Crippen molar-refractivity contribution in [2.45, 2.75) is 33.0 Å². The van der Waals surface area contributed by atoms with E-state index in [0.29, 0.717) is 24.7 Å². The molecule has 0 bridgehead atoms. The van der Waals surface area contributed by atoms with Crippen LogP contribution in [-0.4, -0.2) is 34.7 Å². The zero-order valence-corrected chi connectivity index (χ0v) is 14.5. The Bertz CT molecular complexity index is 642. The molecule has 2 rings (SSSR count). The summed E-state index contributed by atoms with van der Waals surface area (Å²) in [5.41, 5.74) is 0. The number of thiophene rings is 1. The molecule has 0 fully saturated rings. The molecule has 0 saturated heterocycles. The molecule has 0 spiro atoms. The smallest absolute Gasteiger partial charge is 0.369 e. The lowest BCUT2D eigenvalue weighted by atomic mass is 10.3. The van der Waals surface area contributed by atoms with E-state index in [2.05, 4.69) is 20.8 Å². The zero-order chi connectivity index (χ0) is 16.7. The van der Waals surface area contributed by atoms with Crippen LogP contribution in [0.15, 0.2) is 17.5 Å². The Morgan fingerprint density at radius 1 is 1.35 bits per heavy atom. The maximum atomic E-state index is 12.0. The minimum Gasteiger partial charge on any atom is -0.461 e. The summed E-state index contributed by atoms with van der Waals surface area (Å²) in [4.78, 5) is 24.6. The Morgan fingerprint density at radius 3 is 2.87 bits per heavy atom. The predicted molar refractivity (Wildman–Crippen MR) is 88.3 cm³/mol. The molecule has 2 N–H and O–H groups in total. The van der Waals surface area contributed by atoms with Gasteiger partial charge in [-0.2, -0.15) is 0 Å². The van der Waals surface area contributed by atoms with Gasteiger partial charge in [-0.15, -0.1) is 21.5 Å². The van der Waals surface area contributed by atoms with Crippen LogP contribution < -0.4 is 10.6 Å². The van der Waals surface area contributed by atoms with Crippen LogP contribution in [0.2, 0.25) is 0 Å². The summed E-state index contributed by atoms with van der Waals surface area (Å²) >= 11 is 2.76. The van der Waals surface area contributed by atoms with E-state index in [9.17, 15) is 9.59 Å². The third-order valence-corrected chi connectivity index (χ3v) is 4.67. The zero-order valence-electron chi connectivity index (χ0n) is 12.9. The van der Waals surface area contributed by atoms with Crippen molar-refractivity contribution in [1.82, 2.24) is 20.8 Å². The summed E-state index contributed by atoms with van der Waals surface area (Å²) in [7, 11) is 0. The number of hydrogen-bond donors (Lipinski definition) is 2. The minimum absolute atomic E-state index is 0.0893. The molecule has 2 heterocycles. The second kappa shape index (κ2) is 8.70. The molecule has 0 saturated carbocycles. The molecule has 0 aliphatic carbocycles. The molecule has 2 aromatic rings. The Hall–Kier alpha value is -1.84. The van der Waals surface area contributed by atoms with E-state index in [-0.39, 0.29) is 17.0 Å². The van der Waals surface area contributed by atoms with Crippen LogP contribution in [0, 0.1) is 0 Å². The van der Waals surface area contributed by atoms with E-state index in [1.54, 1.807) is 25.2 Å². The van der Waals surface area contributed by atoms with Crippen LogP contribution in [-0.2, 0) is 22.6 Å². The first kappa shape index (κ1) is 17.5. The van der Waals surface area contributed by atoms with Crippen LogP contribution in [0.4, 0.5) is 0 Å². The molecule has 1 unspecified atom stereocenters. The molecule has 1 atom stereocenters. The van der Waals surface area contributed by atoms with E-state index >= 15 is 0 Å². The first-order chi connectivity index (χ1) is 11.1. The van der Waals surface area contributed by atoms with Gasteiger partial charge in [-0.05, 0) is 25.3 Å². The van der Waals surface area contributed by atoms with Gasteiger partial charge in [0.2, 0.25) is 10.9 Å². The van der Waals surface area contributed by atoms with E-state index in [1.807, 2.05) is 17.5 Å². The lowest BCUT2D eigenvalue weighted by Gasteiger charge is -2.12. The molecule has 0 radical (unpaired) electrons. The van der Waals surface area contributed by atoms with Crippen molar-refractivity contribution < 1.29 is 14.3 Å². The summed E-state index contributed by atoms with van der Waals surface area (Å²) in [6, 6.07) is 3.55. The maximum absolute atomic E-state index is 12.0. The van der Waals surface area contributed by atoms with Gasteiger partial charge in [-0.3, -0.25) is 10.1 Å². The lowest BCUT2D eigenvalue weighted by Crippen LogP contribution is -2.41. The molecular weight excluding hydrogens is 336 g/mol. The Kier molecular flexibility index (Phi) is 6.63. The van der Waals surface area contributed by atoms with Crippen molar-refractivity contribution >= 4 is 34.6 Å². The molecule has 2 aromatic heterocycles. The van der Waals surface area contributed by atoms with E-state index in [0.717, 1.165) is 16.2 Å². The third-order valence-electron chi connectivity index (χ3n) is 2.89. The van der Waals surface area contributed by atoms with Crippen LogP contribution in [0.3, 0.4) is 0 Å². The van der Waals surface area contributed by atoms with Crippen molar-refractivity contribution in [3.05, 3.63) is 32.4 Å². The highest BCUT2D eigenvalue weighted by Gasteiger charge is 2.16. The van der Waals surface area contributed by atoms with Gasteiger partial charge in [0.05, 0.1) is 25.7 Å². The van der Waals surface area contributed by atoms with E-state index < -0.39 is 5.97 Å². The van der Waals surface area contributed by atoms with Crippen molar-refractivity contribution in [3.8, 4) is 0 Å². The summed E-state index contributed by atoms with van der Waals surface area (Å²) in [5.74, 6) is -0.563. The first-order valence-electron chi connectivity index (χ1n) is 7.13. The minimum atomic E-state index is -0.474. The van der Waals surface area contributed by atoms with Gasteiger partial charge in [0, 0.05) is 4.88 Å². The highest BCUT2D eigenvalue weighted by atomic mass is 32.1. The second-order valence-corrected chi connectivity index (χ2v) is 6.72. The average Bonchev–Trinajstić information content (AvgIpc) is 3.21. The maximum Gasteiger partial charge on any atom is 0.369 e. The molecule has 124 valence electrons. The number of ether oxygens (including phenoxy) is 1.